The van der Waals surface area contributed by atoms with Gasteiger partial charge in [-0.05, 0) is 43.2 Å². The van der Waals surface area contributed by atoms with E-state index in [4.69, 9.17) is 23.2 Å². The smallest absolute Gasteiger partial charge is 0.261 e. The summed E-state index contributed by atoms with van der Waals surface area (Å²) in [5.41, 5.74) is 0.387. The van der Waals surface area contributed by atoms with E-state index >= 15 is 0 Å². The van der Waals surface area contributed by atoms with Gasteiger partial charge in [0.15, 0.2) is 0 Å². The lowest BCUT2D eigenvalue weighted by Crippen LogP contribution is -2.16. The third kappa shape index (κ3) is 4.12. The molecule has 3 rings (SSSR count). The van der Waals surface area contributed by atoms with Crippen molar-refractivity contribution in [3.63, 3.8) is 0 Å². The second-order valence-electron chi connectivity index (χ2n) is 5.74. The van der Waals surface area contributed by atoms with Crippen molar-refractivity contribution in [3.05, 3.63) is 46.6 Å². The van der Waals surface area contributed by atoms with Crippen molar-refractivity contribution in [1.82, 2.24) is 4.98 Å². The van der Waals surface area contributed by atoms with Gasteiger partial charge >= 0.3 is 0 Å². The summed E-state index contributed by atoms with van der Waals surface area (Å²) in [5, 5.41) is 3.85. The number of nitrogens with one attached hydrogen (secondary N) is 2. The van der Waals surface area contributed by atoms with Gasteiger partial charge in [-0.2, -0.15) is 0 Å². The first-order valence-electron chi connectivity index (χ1n) is 7.64. The summed E-state index contributed by atoms with van der Waals surface area (Å²) < 4.78 is 27.2. The van der Waals surface area contributed by atoms with Crippen LogP contribution in [0.3, 0.4) is 0 Å². The van der Waals surface area contributed by atoms with Crippen LogP contribution in [0, 0.1) is 0 Å². The van der Waals surface area contributed by atoms with Gasteiger partial charge in [0.25, 0.3) is 10.0 Å². The molecule has 1 aliphatic rings. The minimum atomic E-state index is -3.74. The van der Waals surface area contributed by atoms with Crippen molar-refractivity contribution in [2.75, 3.05) is 10.0 Å². The molecule has 1 aromatic heterocycles. The fourth-order valence-corrected chi connectivity index (χ4v) is 4.11. The summed E-state index contributed by atoms with van der Waals surface area (Å²) in [6.07, 6.45) is 6.26. The van der Waals surface area contributed by atoms with Crippen molar-refractivity contribution in [2.24, 2.45) is 0 Å². The van der Waals surface area contributed by atoms with Crippen LogP contribution in [0.15, 0.2) is 41.4 Å². The first-order chi connectivity index (χ1) is 11.4. The average Bonchev–Trinajstić information content (AvgIpc) is 3.04. The lowest BCUT2D eigenvalue weighted by atomic mass is 10.2. The zero-order valence-electron chi connectivity index (χ0n) is 12.8. The Balaban J connectivity index is 1.71. The predicted octanol–water partition coefficient (Wildman–Crippen LogP) is 4.54. The highest BCUT2D eigenvalue weighted by Crippen LogP contribution is 2.26. The van der Waals surface area contributed by atoms with Crippen LogP contribution in [0.25, 0.3) is 0 Å². The van der Waals surface area contributed by atoms with E-state index in [9.17, 15) is 8.42 Å². The lowest BCUT2D eigenvalue weighted by molar-refractivity contribution is 0.601. The molecule has 0 radical (unpaired) electrons. The molecule has 1 aromatic carbocycles. The second-order valence-corrected chi connectivity index (χ2v) is 8.24. The maximum Gasteiger partial charge on any atom is 0.261 e. The predicted molar refractivity (Wildman–Crippen MR) is 97.4 cm³/mol. The van der Waals surface area contributed by atoms with E-state index in [1.807, 2.05) is 0 Å². The molecule has 2 N–H and O–H groups in total. The Morgan fingerprint density at radius 1 is 1.04 bits per heavy atom. The monoisotopic (exact) mass is 385 g/mol. The number of benzene rings is 1. The van der Waals surface area contributed by atoms with Crippen LogP contribution in [0.4, 0.5) is 11.5 Å². The van der Waals surface area contributed by atoms with E-state index in [0.717, 1.165) is 18.7 Å². The number of pyridine rings is 1. The van der Waals surface area contributed by atoms with Gasteiger partial charge in [0.05, 0.1) is 26.8 Å². The molecule has 5 nitrogen and oxygen atoms in total. The van der Waals surface area contributed by atoms with Crippen LogP contribution in [0.5, 0.6) is 0 Å². The van der Waals surface area contributed by atoms with Crippen LogP contribution in [0.1, 0.15) is 25.7 Å². The third-order valence-corrected chi connectivity index (χ3v) is 6.04. The topological polar surface area (TPSA) is 71.1 Å². The molecule has 0 amide bonds. The highest BCUT2D eigenvalue weighted by atomic mass is 35.5. The maximum absolute atomic E-state index is 12.4. The van der Waals surface area contributed by atoms with Gasteiger partial charge in [-0.1, -0.05) is 36.0 Å². The number of sulfonamides is 1. The van der Waals surface area contributed by atoms with Crippen LogP contribution in [-0.4, -0.2) is 19.4 Å². The normalized spacial score (nSPS) is 15.4. The summed E-state index contributed by atoms with van der Waals surface area (Å²) in [4.78, 5) is 4.31. The molecule has 128 valence electrons. The molecule has 1 saturated carbocycles. The Labute approximate surface area is 151 Å². The van der Waals surface area contributed by atoms with Gasteiger partial charge in [0, 0.05) is 6.04 Å². The number of aromatic nitrogens is 1. The number of anilines is 2. The van der Waals surface area contributed by atoms with Crippen LogP contribution in [-0.2, 0) is 10.0 Å². The Morgan fingerprint density at radius 3 is 2.42 bits per heavy atom. The molecule has 24 heavy (non-hydrogen) atoms. The quantitative estimate of drug-likeness (QED) is 0.791. The van der Waals surface area contributed by atoms with E-state index in [1.54, 1.807) is 12.1 Å². The summed E-state index contributed by atoms with van der Waals surface area (Å²) in [6.45, 7) is 0. The van der Waals surface area contributed by atoms with E-state index in [-0.39, 0.29) is 9.92 Å². The number of rotatable bonds is 5. The minimum absolute atomic E-state index is 0.0463. The van der Waals surface area contributed by atoms with Gasteiger partial charge in [-0.15, -0.1) is 0 Å². The fraction of sp³-hybridized carbons (Fsp3) is 0.312. The lowest BCUT2D eigenvalue weighted by Gasteiger charge is -2.13. The maximum atomic E-state index is 12.4. The molecule has 0 atom stereocenters. The van der Waals surface area contributed by atoms with Gasteiger partial charge < -0.3 is 5.32 Å². The summed E-state index contributed by atoms with van der Waals surface area (Å²) in [7, 11) is -3.74. The molecule has 0 bridgehead atoms. The highest BCUT2D eigenvalue weighted by Gasteiger charge is 2.17. The van der Waals surface area contributed by atoms with Gasteiger partial charge in [0.2, 0.25) is 0 Å². The van der Waals surface area contributed by atoms with Gasteiger partial charge in [0.1, 0.15) is 5.82 Å². The van der Waals surface area contributed by atoms with Crippen LogP contribution >= 0.6 is 23.2 Å². The van der Waals surface area contributed by atoms with Crippen LogP contribution < -0.4 is 10.0 Å². The third-order valence-electron chi connectivity index (χ3n) is 3.92. The Hall–Kier alpha value is -1.50. The molecule has 0 saturated heterocycles. The number of hydrogen-bond donors (Lipinski definition) is 2. The minimum Gasteiger partial charge on any atom is -0.367 e. The van der Waals surface area contributed by atoms with Crippen molar-refractivity contribution in [1.29, 1.82) is 0 Å². The van der Waals surface area contributed by atoms with Crippen molar-refractivity contribution in [2.45, 2.75) is 36.6 Å². The highest BCUT2D eigenvalue weighted by molar-refractivity contribution is 7.92. The van der Waals surface area contributed by atoms with Gasteiger partial charge in [-0.3, -0.25) is 4.72 Å². The Kier molecular flexibility index (Phi) is 5.18. The molecule has 8 heteroatoms. The first kappa shape index (κ1) is 17.3. The molecular formula is C16H17Cl2N3O2S. The zero-order valence-corrected chi connectivity index (χ0v) is 15.1. The van der Waals surface area contributed by atoms with E-state index in [0.29, 0.717) is 16.8 Å². The molecule has 0 aliphatic heterocycles. The average molecular weight is 386 g/mol. The largest absolute Gasteiger partial charge is 0.367 e. The van der Waals surface area contributed by atoms with E-state index < -0.39 is 10.0 Å². The second kappa shape index (κ2) is 7.17. The summed E-state index contributed by atoms with van der Waals surface area (Å²) in [5.74, 6) is 0.749. The fourth-order valence-electron chi connectivity index (χ4n) is 2.68. The molecule has 1 fully saturated rings. The van der Waals surface area contributed by atoms with Crippen molar-refractivity contribution in [3.8, 4) is 0 Å². The Bertz CT molecular complexity index is 820. The standard InChI is InChI=1S/C16H17Cl2N3O2S/c17-14-7-6-13(9-15(14)18)24(22,23)21-12-5-8-16(19-10-12)20-11-3-1-2-4-11/h5-11,21H,1-4H2,(H,19,20). The molecule has 2 aromatic rings. The number of nitrogens with zero attached hydrogens (tertiary/aromatic N) is 1. The SMILES string of the molecule is O=S(=O)(Nc1ccc(NC2CCCC2)nc1)c1ccc(Cl)c(Cl)c1. The van der Waals surface area contributed by atoms with Crippen molar-refractivity contribution >= 4 is 44.7 Å². The van der Waals surface area contributed by atoms with Crippen molar-refractivity contribution < 1.29 is 8.42 Å². The molecule has 0 spiro atoms. The number of halogens is 2. The molecule has 1 aliphatic carbocycles. The number of hydrogen-bond acceptors (Lipinski definition) is 4. The Morgan fingerprint density at radius 2 is 1.79 bits per heavy atom. The van der Waals surface area contributed by atoms with Gasteiger partial charge in [-0.25, -0.2) is 13.4 Å². The summed E-state index contributed by atoms with van der Waals surface area (Å²) >= 11 is 11.7. The van der Waals surface area contributed by atoms with E-state index in [2.05, 4.69) is 15.0 Å². The first-order valence-corrected chi connectivity index (χ1v) is 9.88. The van der Waals surface area contributed by atoms with E-state index in [1.165, 1.54) is 37.2 Å². The molecular weight excluding hydrogens is 369 g/mol. The summed E-state index contributed by atoms with van der Waals surface area (Å²) in [6, 6.07) is 8.07. The molecule has 0 unspecified atom stereocenters. The van der Waals surface area contributed by atoms with Crippen LogP contribution in [0.2, 0.25) is 10.0 Å². The molecule has 1 heterocycles. The zero-order chi connectivity index (χ0) is 17.2.